The maximum absolute atomic E-state index is 12.8. The second-order valence-electron chi connectivity index (χ2n) is 9.33. The molecule has 164 valence electrons. The molecule has 0 aliphatic carbocycles. The van der Waals surface area contributed by atoms with Gasteiger partial charge in [0.1, 0.15) is 0 Å². The van der Waals surface area contributed by atoms with Gasteiger partial charge in [0, 0.05) is 13.8 Å². The van der Waals surface area contributed by atoms with E-state index in [1.165, 1.54) is 69.6 Å². The van der Waals surface area contributed by atoms with Crippen LogP contribution in [0.3, 0.4) is 0 Å². The predicted octanol–water partition coefficient (Wildman–Crippen LogP) is 5.12. The highest BCUT2D eigenvalue weighted by Crippen LogP contribution is 2.61. The van der Waals surface area contributed by atoms with Crippen molar-refractivity contribution in [1.29, 1.82) is 0 Å². The summed E-state index contributed by atoms with van der Waals surface area (Å²) in [7, 11) is -0.885. The van der Waals surface area contributed by atoms with Gasteiger partial charge in [-0.05, 0) is 32.1 Å². The summed E-state index contributed by atoms with van der Waals surface area (Å²) in [5, 5.41) is 0. The quantitative estimate of drug-likeness (QED) is 0.169. The topological polar surface area (TPSA) is 46.6 Å². The minimum absolute atomic E-state index is 0.0147. The fourth-order valence-electron chi connectivity index (χ4n) is 5.45. The summed E-state index contributed by atoms with van der Waals surface area (Å²) in [6.45, 7) is 7.53. The van der Waals surface area contributed by atoms with E-state index < -0.39 is 7.26 Å². The molecule has 3 rings (SSSR count). The molecule has 0 saturated carbocycles. The lowest BCUT2D eigenvalue weighted by Crippen LogP contribution is -2.35. The summed E-state index contributed by atoms with van der Waals surface area (Å²) < 4.78 is 5.74. The van der Waals surface area contributed by atoms with Gasteiger partial charge in [-0.15, -0.1) is 0 Å². The summed E-state index contributed by atoms with van der Waals surface area (Å²) in [5.74, 6) is -0.466. The van der Waals surface area contributed by atoms with E-state index in [4.69, 9.17) is 4.74 Å². The summed E-state index contributed by atoms with van der Waals surface area (Å²) in [6.07, 6.45) is 19.4. The molecule has 3 aliphatic heterocycles. The standard InChI is InChI=1S/C24H41NO3P/c1-4-7-15-29(16-8-5-2,17-9-6-3)18-11-10-14-25-23(26)21-19-12-13-20(28-19)22(21)24(25)27/h12-13,19-22H,4-11,14-18H2,1-3H3/q+1. The molecular weight excluding hydrogens is 381 g/mol. The number of amides is 2. The van der Waals surface area contributed by atoms with Crippen molar-refractivity contribution < 1.29 is 14.3 Å². The predicted molar refractivity (Wildman–Crippen MR) is 122 cm³/mol. The van der Waals surface area contributed by atoms with Crippen molar-refractivity contribution in [1.82, 2.24) is 4.90 Å². The highest BCUT2D eigenvalue weighted by atomic mass is 31.2. The molecule has 29 heavy (non-hydrogen) atoms. The second kappa shape index (κ2) is 10.5. The number of carbonyl (C=O) groups excluding carboxylic acids is 2. The molecule has 3 heterocycles. The Morgan fingerprint density at radius 1 is 0.759 bits per heavy atom. The third-order valence-electron chi connectivity index (χ3n) is 7.22. The number of hydrogen-bond donors (Lipinski definition) is 0. The Balaban J connectivity index is 1.52. The van der Waals surface area contributed by atoms with Crippen LogP contribution in [-0.2, 0) is 14.3 Å². The van der Waals surface area contributed by atoms with Gasteiger partial charge in [0.25, 0.3) is 0 Å². The van der Waals surface area contributed by atoms with Crippen molar-refractivity contribution in [2.45, 2.75) is 84.3 Å². The molecule has 2 fully saturated rings. The van der Waals surface area contributed by atoms with Gasteiger partial charge >= 0.3 is 0 Å². The Morgan fingerprint density at radius 3 is 1.66 bits per heavy atom. The highest BCUT2D eigenvalue weighted by molar-refractivity contribution is 7.75. The van der Waals surface area contributed by atoms with E-state index in [9.17, 15) is 9.59 Å². The lowest BCUT2D eigenvalue weighted by Gasteiger charge is -2.28. The monoisotopic (exact) mass is 422 g/mol. The van der Waals surface area contributed by atoms with Crippen LogP contribution >= 0.6 is 7.26 Å². The van der Waals surface area contributed by atoms with E-state index in [2.05, 4.69) is 20.8 Å². The van der Waals surface area contributed by atoms with Gasteiger partial charge in [0.2, 0.25) is 11.8 Å². The smallest absolute Gasteiger partial charge is 0.236 e. The fourth-order valence-corrected chi connectivity index (χ4v) is 10.7. The summed E-state index contributed by atoms with van der Waals surface area (Å²) in [5.41, 5.74) is 0. The van der Waals surface area contributed by atoms with Crippen LogP contribution in [0, 0.1) is 11.8 Å². The molecule has 5 heteroatoms. The molecule has 0 aromatic heterocycles. The minimum Gasteiger partial charge on any atom is -0.365 e. The normalized spacial score (nSPS) is 28.0. The molecule has 4 unspecified atom stereocenters. The van der Waals surface area contributed by atoms with Gasteiger partial charge in [-0.3, -0.25) is 14.5 Å². The number of carbonyl (C=O) groups is 2. The summed E-state index contributed by atoms with van der Waals surface area (Å²) >= 11 is 0. The Labute approximate surface area is 178 Å². The van der Waals surface area contributed by atoms with Crippen molar-refractivity contribution in [3.8, 4) is 0 Å². The van der Waals surface area contributed by atoms with E-state index in [0.717, 1.165) is 6.42 Å². The number of hydrogen-bond acceptors (Lipinski definition) is 3. The van der Waals surface area contributed by atoms with Crippen LogP contribution < -0.4 is 0 Å². The van der Waals surface area contributed by atoms with Gasteiger partial charge in [-0.1, -0.05) is 52.2 Å². The SMILES string of the molecule is CCCC[P+](CCCC)(CCCC)CCCCN1C(=O)C2C3C=CC(O3)C2C1=O. The minimum atomic E-state index is -0.885. The summed E-state index contributed by atoms with van der Waals surface area (Å²) in [6, 6.07) is 0. The molecule has 3 aliphatic rings. The lowest BCUT2D eigenvalue weighted by molar-refractivity contribution is -0.142. The Kier molecular flexibility index (Phi) is 8.33. The zero-order valence-electron chi connectivity index (χ0n) is 18.8. The van der Waals surface area contributed by atoms with Crippen LogP contribution in [0.4, 0.5) is 0 Å². The van der Waals surface area contributed by atoms with Crippen molar-refractivity contribution in [2.24, 2.45) is 11.8 Å². The van der Waals surface area contributed by atoms with E-state index in [-0.39, 0.29) is 35.9 Å². The van der Waals surface area contributed by atoms with Crippen molar-refractivity contribution in [2.75, 3.05) is 31.2 Å². The molecule has 4 atom stereocenters. The van der Waals surface area contributed by atoms with Crippen LogP contribution in [0.15, 0.2) is 12.2 Å². The number of nitrogens with zero attached hydrogens (tertiary/aromatic N) is 1. The first-order valence-corrected chi connectivity index (χ1v) is 14.6. The van der Waals surface area contributed by atoms with E-state index in [1.54, 1.807) is 4.90 Å². The molecule has 2 amide bonds. The first-order chi connectivity index (χ1) is 14.1. The number of imide groups is 1. The zero-order valence-corrected chi connectivity index (χ0v) is 19.7. The molecule has 2 bridgehead atoms. The van der Waals surface area contributed by atoms with Crippen molar-refractivity contribution in [3.63, 3.8) is 0 Å². The average molecular weight is 423 g/mol. The number of rotatable bonds is 14. The van der Waals surface area contributed by atoms with Crippen LogP contribution in [0.1, 0.15) is 72.1 Å². The lowest BCUT2D eigenvalue weighted by atomic mass is 9.85. The van der Waals surface area contributed by atoms with Crippen molar-refractivity contribution in [3.05, 3.63) is 12.2 Å². The van der Waals surface area contributed by atoms with Crippen LogP contribution in [0.2, 0.25) is 0 Å². The molecule has 0 aromatic rings. The summed E-state index contributed by atoms with van der Waals surface area (Å²) in [4.78, 5) is 27.2. The van der Waals surface area contributed by atoms with E-state index in [0.29, 0.717) is 6.54 Å². The molecule has 0 radical (unpaired) electrons. The van der Waals surface area contributed by atoms with Crippen LogP contribution in [-0.4, -0.2) is 60.1 Å². The van der Waals surface area contributed by atoms with E-state index in [1.807, 2.05) is 12.2 Å². The van der Waals surface area contributed by atoms with Crippen molar-refractivity contribution >= 4 is 19.1 Å². The molecule has 4 nitrogen and oxygen atoms in total. The maximum Gasteiger partial charge on any atom is 0.236 e. The van der Waals surface area contributed by atoms with Gasteiger partial charge < -0.3 is 4.74 Å². The Morgan fingerprint density at radius 2 is 1.21 bits per heavy atom. The largest absolute Gasteiger partial charge is 0.365 e. The number of ether oxygens (including phenoxy) is 1. The first kappa shape index (κ1) is 22.9. The molecular formula is C24H41NO3P+. The Hall–Kier alpha value is -0.730. The number of fused-ring (bicyclic) bond motifs is 5. The Bertz CT molecular complexity index is 553. The second-order valence-corrected chi connectivity index (χ2v) is 13.8. The highest BCUT2D eigenvalue weighted by Gasteiger charge is 2.60. The fraction of sp³-hybridized carbons (Fsp3) is 0.833. The molecule has 0 spiro atoms. The van der Waals surface area contributed by atoms with Gasteiger partial charge in [0.15, 0.2) is 0 Å². The molecule has 0 N–H and O–H groups in total. The number of unbranched alkanes of at least 4 members (excludes halogenated alkanes) is 4. The van der Waals surface area contributed by atoms with Gasteiger partial charge in [-0.25, -0.2) is 0 Å². The third-order valence-corrected chi connectivity index (χ3v) is 12.3. The van der Waals surface area contributed by atoms with E-state index >= 15 is 0 Å². The van der Waals surface area contributed by atoms with Crippen LogP contribution in [0.5, 0.6) is 0 Å². The maximum atomic E-state index is 12.8. The third kappa shape index (κ3) is 4.96. The first-order valence-electron chi connectivity index (χ1n) is 12.1. The molecule has 2 saturated heterocycles. The average Bonchev–Trinajstić information content (AvgIpc) is 3.41. The van der Waals surface area contributed by atoms with Gasteiger partial charge in [-0.2, -0.15) is 0 Å². The van der Waals surface area contributed by atoms with Gasteiger partial charge in [0.05, 0.1) is 48.7 Å². The zero-order chi connectivity index (χ0) is 20.9. The number of likely N-dealkylation sites (tertiary alicyclic amines) is 1. The molecule has 0 aromatic carbocycles. The van der Waals surface area contributed by atoms with Crippen LogP contribution in [0.25, 0.3) is 0 Å².